The highest BCUT2D eigenvalue weighted by Gasteiger charge is 2.57. The van der Waals surface area contributed by atoms with E-state index in [4.69, 9.17) is 9.39 Å². The number of thiophene rings is 1. The summed E-state index contributed by atoms with van der Waals surface area (Å²) < 4.78 is 12.3. The quantitative estimate of drug-likeness (QED) is 0.190. The van der Waals surface area contributed by atoms with E-state index >= 15 is 0 Å². The highest BCUT2D eigenvalue weighted by Crippen LogP contribution is 2.51. The number of imide groups is 1. The summed E-state index contributed by atoms with van der Waals surface area (Å²) in [6.07, 6.45) is 3.49. The second kappa shape index (κ2) is 12.3. The van der Waals surface area contributed by atoms with Gasteiger partial charge in [0, 0.05) is 10.4 Å². The highest BCUT2D eigenvalue weighted by molar-refractivity contribution is 7.09. The van der Waals surface area contributed by atoms with Crippen LogP contribution in [0.1, 0.15) is 36.6 Å². The molecule has 2 amide bonds. The van der Waals surface area contributed by atoms with Crippen molar-refractivity contribution in [1.82, 2.24) is 4.90 Å². The average Bonchev–Trinajstić information content (AvgIpc) is 3.59. The maximum absolute atomic E-state index is 13.8. The summed E-state index contributed by atoms with van der Waals surface area (Å²) >= 11 is 1.53. The number of aromatic hydroxyl groups is 1. The van der Waals surface area contributed by atoms with Gasteiger partial charge in [0.2, 0.25) is 11.8 Å². The first-order valence-corrected chi connectivity index (χ1v) is 15.3. The zero-order valence-electron chi connectivity index (χ0n) is 23.5. The molecule has 0 unspecified atom stereocenters. The minimum atomic E-state index is -1.03. The predicted octanol–water partition coefficient (Wildman–Crippen LogP) is 5.71. The second-order valence-electron chi connectivity index (χ2n) is 11.3. The molecule has 4 atom stereocenters. The lowest BCUT2D eigenvalue weighted by Gasteiger charge is -2.43. The fourth-order valence-electron chi connectivity index (χ4n) is 6.67. The normalized spacial score (nSPS) is 24.2. The molecule has 42 heavy (non-hydrogen) atoms. The van der Waals surface area contributed by atoms with Crippen LogP contribution in [0.15, 0.2) is 88.8 Å². The summed E-state index contributed by atoms with van der Waals surface area (Å²) in [6.45, 7) is 2.57. The van der Waals surface area contributed by atoms with Gasteiger partial charge in [-0.25, -0.2) is 0 Å². The van der Waals surface area contributed by atoms with Crippen LogP contribution >= 0.6 is 11.3 Å². The number of para-hydroxylation sites is 2. The third kappa shape index (κ3) is 5.82. The number of phenols is 1. The van der Waals surface area contributed by atoms with Crippen LogP contribution in [0.2, 0.25) is 6.32 Å². The maximum atomic E-state index is 13.8. The Morgan fingerprint density at radius 2 is 1.86 bits per heavy atom. The summed E-state index contributed by atoms with van der Waals surface area (Å²) in [5.74, 6) is -0.660. The molecule has 1 aliphatic carbocycles. The smallest absolute Gasteiger partial charge is 0.455 e. The number of amides is 2. The van der Waals surface area contributed by atoms with Gasteiger partial charge in [-0.15, -0.1) is 11.3 Å². The standard InChI is InChI=1S/C33H34BNO6S/c1-21(16-22-8-5-6-12-28(22)36)13-14-29-30-23(20-40-24-9-3-2-4-10-24)17-26-31(27(30)18-34(39)41-29)33(38)35(32(26)37)19-25-11-7-15-42-25/h2-12,15-16,26-27,29,31,36,39H,13-14,17-20H2,1H3/b21-16+/t26-,27+,29-,31-/m1/s1. The van der Waals surface area contributed by atoms with E-state index in [9.17, 15) is 19.7 Å². The van der Waals surface area contributed by atoms with E-state index < -0.39 is 25.1 Å². The van der Waals surface area contributed by atoms with Gasteiger partial charge in [-0.3, -0.25) is 14.5 Å². The van der Waals surface area contributed by atoms with Crippen LogP contribution in [0.3, 0.4) is 0 Å². The van der Waals surface area contributed by atoms with Gasteiger partial charge in [-0.1, -0.05) is 54.1 Å². The molecule has 2 saturated heterocycles. The molecule has 3 aromatic rings. The number of carbonyl (C=O) groups excluding carboxylic acids is 2. The Hall–Kier alpha value is -3.66. The molecule has 7 nitrogen and oxygen atoms in total. The summed E-state index contributed by atoms with van der Waals surface area (Å²) in [5, 5.41) is 23.0. The number of nitrogens with zero attached hydrogens (tertiary/aromatic N) is 1. The lowest BCUT2D eigenvalue weighted by Crippen LogP contribution is -2.46. The van der Waals surface area contributed by atoms with Crippen LogP contribution in [0.25, 0.3) is 6.08 Å². The molecule has 2 aliphatic heterocycles. The molecule has 2 aromatic carbocycles. The summed E-state index contributed by atoms with van der Waals surface area (Å²) in [5.41, 5.74) is 3.77. The predicted molar refractivity (Wildman–Crippen MR) is 163 cm³/mol. The van der Waals surface area contributed by atoms with Crippen LogP contribution in [-0.2, 0) is 20.8 Å². The largest absolute Gasteiger partial charge is 0.507 e. The third-order valence-corrected chi connectivity index (χ3v) is 9.45. The van der Waals surface area contributed by atoms with Crippen molar-refractivity contribution in [3.05, 3.63) is 99.3 Å². The highest BCUT2D eigenvalue weighted by atomic mass is 32.1. The zero-order chi connectivity index (χ0) is 29.2. The van der Waals surface area contributed by atoms with Crippen molar-refractivity contribution in [2.75, 3.05) is 6.61 Å². The van der Waals surface area contributed by atoms with E-state index in [1.807, 2.05) is 73.0 Å². The van der Waals surface area contributed by atoms with Gasteiger partial charge in [-0.2, -0.15) is 0 Å². The Kier molecular flexibility index (Phi) is 8.33. The Bertz CT molecular complexity index is 1500. The number of fused-ring (bicyclic) bond motifs is 3. The Morgan fingerprint density at radius 1 is 1.07 bits per heavy atom. The molecule has 3 heterocycles. The number of hydrogen-bond donors (Lipinski definition) is 2. The number of likely N-dealkylation sites (tertiary alicyclic amines) is 1. The molecule has 216 valence electrons. The van der Waals surface area contributed by atoms with Gasteiger partial charge in [-0.05, 0) is 79.2 Å². The van der Waals surface area contributed by atoms with Gasteiger partial charge in [0.05, 0.1) is 24.5 Å². The monoisotopic (exact) mass is 583 g/mol. The van der Waals surface area contributed by atoms with E-state index in [1.165, 1.54) is 16.2 Å². The molecular weight excluding hydrogens is 549 g/mol. The summed E-state index contributed by atoms with van der Waals surface area (Å²) in [4.78, 5) is 29.9. The maximum Gasteiger partial charge on any atom is 0.455 e. The molecule has 9 heteroatoms. The minimum Gasteiger partial charge on any atom is -0.507 e. The van der Waals surface area contributed by atoms with Crippen molar-refractivity contribution in [2.24, 2.45) is 17.8 Å². The van der Waals surface area contributed by atoms with Crippen molar-refractivity contribution < 1.29 is 29.1 Å². The van der Waals surface area contributed by atoms with Gasteiger partial charge >= 0.3 is 7.12 Å². The number of phenolic OH excluding ortho intramolecular Hbond substituents is 1. The molecule has 2 N–H and O–H groups in total. The summed E-state index contributed by atoms with van der Waals surface area (Å²) in [7, 11) is -1.03. The number of carbonyl (C=O) groups is 2. The Balaban J connectivity index is 1.30. The topological polar surface area (TPSA) is 96.3 Å². The lowest BCUT2D eigenvalue weighted by molar-refractivity contribution is -0.140. The second-order valence-corrected chi connectivity index (χ2v) is 12.4. The van der Waals surface area contributed by atoms with Crippen LogP contribution in [0, 0.1) is 17.8 Å². The lowest BCUT2D eigenvalue weighted by atomic mass is 9.58. The first kappa shape index (κ1) is 28.5. The number of rotatable bonds is 9. The minimum absolute atomic E-state index is 0.145. The number of ether oxygens (including phenoxy) is 1. The molecule has 0 radical (unpaired) electrons. The first-order valence-electron chi connectivity index (χ1n) is 14.4. The van der Waals surface area contributed by atoms with Crippen molar-refractivity contribution in [3.8, 4) is 11.5 Å². The number of benzene rings is 2. The molecule has 1 aromatic heterocycles. The third-order valence-electron chi connectivity index (χ3n) is 8.59. The van der Waals surface area contributed by atoms with E-state index in [2.05, 4.69) is 0 Å². The van der Waals surface area contributed by atoms with Crippen LogP contribution in [-0.4, -0.2) is 46.7 Å². The number of hydrogen-bond acceptors (Lipinski definition) is 7. The molecule has 2 fully saturated rings. The van der Waals surface area contributed by atoms with E-state index in [0.29, 0.717) is 19.3 Å². The van der Waals surface area contributed by atoms with E-state index in [0.717, 1.165) is 32.9 Å². The van der Waals surface area contributed by atoms with Gasteiger partial charge in [0.15, 0.2) is 0 Å². The van der Waals surface area contributed by atoms with E-state index in [-0.39, 0.29) is 43.0 Å². The van der Waals surface area contributed by atoms with Crippen molar-refractivity contribution >= 4 is 36.3 Å². The molecule has 0 spiro atoms. The average molecular weight is 584 g/mol. The van der Waals surface area contributed by atoms with Crippen LogP contribution in [0.5, 0.6) is 11.5 Å². The Morgan fingerprint density at radius 3 is 2.62 bits per heavy atom. The SMILES string of the molecule is C/C(=C\c1ccccc1O)CC[C@H]1OB(O)C[C@H]2C1=C(COc1ccccc1)C[C@H]1C(=O)N(Cc3cccs3)C(=O)[C@H]12. The van der Waals surface area contributed by atoms with E-state index in [1.54, 1.807) is 12.1 Å². The number of allylic oxidation sites excluding steroid dienone is 1. The fourth-order valence-corrected chi connectivity index (χ4v) is 7.36. The zero-order valence-corrected chi connectivity index (χ0v) is 24.3. The molecule has 0 saturated carbocycles. The van der Waals surface area contributed by atoms with Gasteiger partial charge in [0.1, 0.15) is 18.1 Å². The van der Waals surface area contributed by atoms with Crippen molar-refractivity contribution in [3.63, 3.8) is 0 Å². The molecule has 6 rings (SSSR count). The van der Waals surface area contributed by atoms with Crippen molar-refractivity contribution in [1.29, 1.82) is 0 Å². The fraction of sp³-hybridized carbons (Fsp3) is 0.333. The molecule has 0 bridgehead atoms. The van der Waals surface area contributed by atoms with Crippen LogP contribution < -0.4 is 4.74 Å². The molecule has 3 aliphatic rings. The van der Waals surface area contributed by atoms with Crippen molar-refractivity contribution in [2.45, 2.75) is 45.2 Å². The molecular formula is C33H34BNO6S. The summed E-state index contributed by atoms with van der Waals surface area (Å²) in [6, 6.07) is 20.6. The van der Waals surface area contributed by atoms with Gasteiger partial charge in [0.25, 0.3) is 0 Å². The van der Waals surface area contributed by atoms with Crippen LogP contribution in [0.4, 0.5) is 0 Å². The first-order chi connectivity index (χ1) is 20.4. The van der Waals surface area contributed by atoms with Gasteiger partial charge < -0.3 is 19.5 Å². The Labute approximate surface area is 250 Å².